The van der Waals surface area contributed by atoms with Gasteiger partial charge < -0.3 is 9.67 Å². The molecule has 96 valence electrons. The number of nitrogens with zero attached hydrogens (tertiary/aromatic N) is 3. The third-order valence-electron chi connectivity index (χ3n) is 2.49. The summed E-state index contributed by atoms with van der Waals surface area (Å²) in [5, 5.41) is 8.70. The van der Waals surface area contributed by atoms with Crippen LogP contribution >= 0.6 is 11.8 Å². The lowest BCUT2D eigenvalue weighted by Gasteiger charge is -2.24. The molecule has 0 spiro atoms. The molecule has 1 aliphatic rings. The van der Waals surface area contributed by atoms with Gasteiger partial charge in [0.25, 0.3) is 0 Å². The van der Waals surface area contributed by atoms with E-state index in [0.29, 0.717) is 18.1 Å². The predicted octanol–water partition coefficient (Wildman–Crippen LogP) is -0.317. The van der Waals surface area contributed by atoms with Gasteiger partial charge in [-0.3, -0.25) is 14.5 Å². The number of hydrogen-bond donors (Lipinski definition) is 1. The Morgan fingerprint density at radius 3 is 2.56 bits per heavy atom. The van der Waals surface area contributed by atoms with Crippen LogP contribution in [0.15, 0.2) is 12.5 Å². The summed E-state index contributed by atoms with van der Waals surface area (Å²) in [6, 6.07) is 0. The summed E-state index contributed by atoms with van der Waals surface area (Å²) in [5.74, 6) is -0.869. The van der Waals surface area contributed by atoms with Gasteiger partial charge in [0.15, 0.2) is 5.69 Å². The molecule has 1 fully saturated rings. The molecule has 2 rings (SSSR count). The van der Waals surface area contributed by atoms with Crippen molar-refractivity contribution in [2.24, 2.45) is 0 Å². The zero-order chi connectivity index (χ0) is 13.1. The maximum absolute atomic E-state index is 11.5. The Morgan fingerprint density at radius 1 is 1.33 bits per heavy atom. The molecule has 0 radical (unpaired) electrons. The second kappa shape index (κ2) is 5.21. The van der Waals surface area contributed by atoms with Crippen molar-refractivity contribution >= 4 is 29.5 Å². The van der Waals surface area contributed by atoms with Crippen LogP contribution in [0.25, 0.3) is 0 Å². The topological polar surface area (TPSA) is 92.5 Å². The molecule has 18 heavy (non-hydrogen) atoms. The van der Waals surface area contributed by atoms with Crippen LogP contribution in [0.2, 0.25) is 0 Å². The molecule has 1 N–H and O–H groups in total. The first-order chi connectivity index (χ1) is 8.58. The maximum atomic E-state index is 11.5. The molecule has 7 nitrogen and oxygen atoms in total. The number of hydrogen-bond acceptors (Lipinski definition) is 5. The number of rotatable bonds is 4. The standard InChI is InChI=1S/C10H11N3O4S/c14-8-4-18-5-9(15)13(8)2-1-12-3-7(10(16)17)11-6-12/h3,6H,1-2,4-5H2,(H,16,17). The fraction of sp³-hybridized carbons (Fsp3) is 0.400. The number of carboxylic acid groups (broad SMARTS) is 1. The van der Waals surface area contributed by atoms with E-state index in [0.717, 1.165) is 0 Å². The fourth-order valence-corrected chi connectivity index (χ4v) is 2.34. The lowest BCUT2D eigenvalue weighted by atomic mass is 10.4. The summed E-state index contributed by atoms with van der Waals surface area (Å²) < 4.78 is 1.55. The minimum absolute atomic E-state index is 0.0538. The molecule has 0 atom stereocenters. The predicted molar refractivity (Wildman–Crippen MR) is 63.2 cm³/mol. The largest absolute Gasteiger partial charge is 0.476 e. The fourth-order valence-electron chi connectivity index (χ4n) is 1.58. The van der Waals surface area contributed by atoms with Gasteiger partial charge in [0.05, 0.1) is 17.8 Å². The van der Waals surface area contributed by atoms with E-state index < -0.39 is 5.97 Å². The van der Waals surface area contributed by atoms with Crippen molar-refractivity contribution in [3.63, 3.8) is 0 Å². The number of aromatic carboxylic acids is 1. The van der Waals surface area contributed by atoms with Crippen LogP contribution in [0.3, 0.4) is 0 Å². The molecule has 8 heteroatoms. The monoisotopic (exact) mass is 269 g/mol. The molecule has 1 aromatic heterocycles. The van der Waals surface area contributed by atoms with Gasteiger partial charge in [-0.1, -0.05) is 0 Å². The van der Waals surface area contributed by atoms with E-state index >= 15 is 0 Å². The summed E-state index contributed by atoms with van der Waals surface area (Å²) in [5.41, 5.74) is -0.0538. The molecule has 1 saturated heterocycles. The minimum atomic E-state index is -1.10. The normalized spacial score (nSPS) is 16.1. The molecule has 0 bridgehead atoms. The molecule has 0 aliphatic carbocycles. The Morgan fingerprint density at radius 2 is 2.00 bits per heavy atom. The van der Waals surface area contributed by atoms with E-state index in [2.05, 4.69) is 4.98 Å². The van der Waals surface area contributed by atoms with Crippen LogP contribution in [0.5, 0.6) is 0 Å². The number of imidazole rings is 1. The van der Waals surface area contributed by atoms with Gasteiger partial charge in [0.1, 0.15) is 0 Å². The maximum Gasteiger partial charge on any atom is 0.356 e. The van der Waals surface area contributed by atoms with Crippen LogP contribution < -0.4 is 0 Å². The van der Waals surface area contributed by atoms with E-state index in [1.165, 1.54) is 29.2 Å². The van der Waals surface area contributed by atoms with Gasteiger partial charge in [-0.15, -0.1) is 11.8 Å². The zero-order valence-corrected chi connectivity index (χ0v) is 10.2. The minimum Gasteiger partial charge on any atom is -0.476 e. The van der Waals surface area contributed by atoms with Crippen LogP contribution in [-0.4, -0.2) is 55.4 Å². The highest BCUT2D eigenvalue weighted by Crippen LogP contribution is 2.12. The third kappa shape index (κ3) is 2.70. The van der Waals surface area contributed by atoms with Gasteiger partial charge in [-0.2, -0.15) is 0 Å². The number of aromatic nitrogens is 2. The Balaban J connectivity index is 1.95. The zero-order valence-electron chi connectivity index (χ0n) is 9.40. The van der Waals surface area contributed by atoms with Crippen molar-refractivity contribution in [1.82, 2.24) is 14.5 Å². The van der Waals surface area contributed by atoms with Crippen molar-refractivity contribution in [3.05, 3.63) is 18.2 Å². The van der Waals surface area contributed by atoms with Gasteiger partial charge in [-0.25, -0.2) is 9.78 Å². The molecule has 1 aromatic rings. The molecule has 1 aliphatic heterocycles. The Hall–Kier alpha value is -1.83. The molecule has 0 saturated carbocycles. The van der Waals surface area contributed by atoms with Gasteiger partial charge in [0, 0.05) is 19.3 Å². The Labute approximate surface area is 107 Å². The second-order valence-corrected chi connectivity index (χ2v) is 4.72. The highest BCUT2D eigenvalue weighted by Gasteiger charge is 2.25. The molecule has 2 amide bonds. The third-order valence-corrected chi connectivity index (χ3v) is 3.39. The summed E-state index contributed by atoms with van der Waals surface area (Å²) >= 11 is 1.31. The first-order valence-corrected chi connectivity index (χ1v) is 6.39. The average Bonchev–Trinajstić information content (AvgIpc) is 2.77. The average molecular weight is 269 g/mol. The highest BCUT2D eigenvalue weighted by atomic mass is 32.2. The molecular formula is C10H11N3O4S. The van der Waals surface area contributed by atoms with Crippen LogP contribution in [0.1, 0.15) is 10.5 Å². The molecular weight excluding hydrogens is 258 g/mol. The lowest BCUT2D eigenvalue weighted by Crippen LogP contribution is -2.44. The molecule has 0 aromatic carbocycles. The Bertz CT molecular complexity index is 483. The number of amides is 2. The number of thioether (sulfide) groups is 1. The summed E-state index contributed by atoms with van der Waals surface area (Å²) in [7, 11) is 0. The van der Waals surface area contributed by atoms with Crippen LogP contribution in [0, 0.1) is 0 Å². The van der Waals surface area contributed by atoms with E-state index in [1.807, 2.05) is 0 Å². The first kappa shape index (κ1) is 12.6. The highest BCUT2D eigenvalue weighted by molar-refractivity contribution is 8.00. The first-order valence-electron chi connectivity index (χ1n) is 5.24. The number of carboxylic acids is 1. The van der Waals surface area contributed by atoms with Crippen molar-refractivity contribution in [3.8, 4) is 0 Å². The van der Waals surface area contributed by atoms with Crippen molar-refractivity contribution in [2.45, 2.75) is 6.54 Å². The number of carbonyl (C=O) groups is 3. The van der Waals surface area contributed by atoms with E-state index in [9.17, 15) is 14.4 Å². The van der Waals surface area contributed by atoms with Gasteiger partial charge >= 0.3 is 5.97 Å². The second-order valence-electron chi connectivity index (χ2n) is 3.73. The SMILES string of the molecule is O=C(O)c1cn(CCN2C(=O)CSCC2=O)cn1. The quantitative estimate of drug-likeness (QED) is 0.753. The number of imide groups is 1. The smallest absolute Gasteiger partial charge is 0.356 e. The summed E-state index contributed by atoms with van der Waals surface area (Å²) in [6.45, 7) is 0.593. The Kier molecular flexibility index (Phi) is 3.66. The summed E-state index contributed by atoms with van der Waals surface area (Å²) in [6.07, 6.45) is 2.74. The van der Waals surface area contributed by atoms with E-state index in [1.54, 1.807) is 4.57 Å². The molecule has 0 unspecified atom stereocenters. The summed E-state index contributed by atoms with van der Waals surface area (Å²) in [4.78, 5) is 38.5. The van der Waals surface area contributed by atoms with Crippen molar-refractivity contribution in [2.75, 3.05) is 18.1 Å². The number of carbonyl (C=O) groups excluding carboxylic acids is 2. The lowest BCUT2D eigenvalue weighted by molar-refractivity contribution is -0.142. The molecule has 2 heterocycles. The van der Waals surface area contributed by atoms with E-state index in [-0.39, 0.29) is 24.1 Å². The van der Waals surface area contributed by atoms with E-state index in [4.69, 9.17) is 5.11 Å². The van der Waals surface area contributed by atoms with Crippen LogP contribution in [-0.2, 0) is 16.1 Å². The van der Waals surface area contributed by atoms with Gasteiger partial charge in [-0.05, 0) is 0 Å². The van der Waals surface area contributed by atoms with Crippen LogP contribution in [0.4, 0.5) is 0 Å². The van der Waals surface area contributed by atoms with Crippen molar-refractivity contribution in [1.29, 1.82) is 0 Å². The van der Waals surface area contributed by atoms with Gasteiger partial charge in [0.2, 0.25) is 11.8 Å². The van der Waals surface area contributed by atoms with Crippen molar-refractivity contribution < 1.29 is 19.5 Å².